The molecule has 0 fully saturated rings. The van der Waals surface area contributed by atoms with Gasteiger partial charge in [0, 0.05) is 23.5 Å². The van der Waals surface area contributed by atoms with E-state index in [1.807, 2.05) is 83.8 Å². The topological polar surface area (TPSA) is 46.3 Å². The molecule has 2 aromatic heterocycles. The summed E-state index contributed by atoms with van der Waals surface area (Å²) in [7, 11) is 0. The Bertz CT molecular complexity index is 1620. The van der Waals surface area contributed by atoms with Crippen molar-refractivity contribution in [2.24, 2.45) is 0 Å². The fourth-order valence-electron chi connectivity index (χ4n) is 4.53. The van der Waals surface area contributed by atoms with E-state index in [0.29, 0.717) is 18.7 Å². The van der Waals surface area contributed by atoms with Crippen LogP contribution in [0.15, 0.2) is 126 Å². The van der Waals surface area contributed by atoms with Crippen LogP contribution in [0, 0.1) is 0 Å². The van der Waals surface area contributed by atoms with Crippen LogP contribution in [0.4, 0.5) is 0 Å². The van der Waals surface area contributed by atoms with Gasteiger partial charge in [0.05, 0.1) is 17.6 Å². The maximum atomic E-state index is 13.7. The number of rotatable bonds is 6. The predicted octanol–water partition coefficient (Wildman–Crippen LogP) is 7.49. The van der Waals surface area contributed by atoms with E-state index >= 15 is 0 Å². The van der Waals surface area contributed by atoms with Gasteiger partial charge in [0.1, 0.15) is 11.3 Å². The molecule has 0 radical (unpaired) electrons. The molecule has 0 unspecified atom stereocenters. The zero-order chi connectivity index (χ0) is 24.3. The van der Waals surface area contributed by atoms with Gasteiger partial charge in [-0.1, -0.05) is 91.0 Å². The van der Waals surface area contributed by atoms with Crippen molar-refractivity contribution in [3.05, 3.63) is 138 Å². The van der Waals surface area contributed by atoms with Crippen molar-refractivity contribution in [3.8, 4) is 11.1 Å². The molecule has 4 heteroatoms. The van der Waals surface area contributed by atoms with Gasteiger partial charge in [-0.15, -0.1) is 0 Å². The highest BCUT2D eigenvalue weighted by atomic mass is 16.3. The van der Waals surface area contributed by atoms with Crippen LogP contribution in [0.1, 0.15) is 21.7 Å². The summed E-state index contributed by atoms with van der Waals surface area (Å²) in [5.41, 5.74) is 5.61. The Kier molecular flexibility index (Phi) is 5.76. The molecule has 0 saturated heterocycles. The molecule has 4 nitrogen and oxygen atoms in total. The molecular weight excluding hydrogens is 444 g/mol. The molecule has 0 aliphatic rings. The second-order valence-electron chi connectivity index (χ2n) is 8.89. The fourth-order valence-corrected chi connectivity index (χ4v) is 4.53. The average Bonchev–Trinajstić information content (AvgIpc) is 3.35. The quantitative estimate of drug-likeness (QED) is 0.254. The first-order chi connectivity index (χ1) is 17.7. The first-order valence-corrected chi connectivity index (χ1v) is 12.0. The van der Waals surface area contributed by atoms with Crippen LogP contribution < -0.4 is 0 Å². The number of furan rings is 1. The van der Waals surface area contributed by atoms with Gasteiger partial charge in [-0.25, -0.2) is 0 Å². The van der Waals surface area contributed by atoms with Crippen LogP contribution in [-0.2, 0) is 13.1 Å². The molecule has 0 saturated carbocycles. The Morgan fingerprint density at radius 2 is 1.39 bits per heavy atom. The number of benzene rings is 4. The van der Waals surface area contributed by atoms with Crippen LogP contribution in [-0.4, -0.2) is 15.8 Å². The number of nitrogens with zero attached hydrogens (tertiary/aromatic N) is 2. The van der Waals surface area contributed by atoms with Crippen LogP contribution in [0.3, 0.4) is 0 Å². The third kappa shape index (κ3) is 4.49. The summed E-state index contributed by atoms with van der Waals surface area (Å²) in [6.07, 6.45) is 1.66. The Morgan fingerprint density at radius 1 is 0.694 bits per heavy atom. The zero-order valence-electron chi connectivity index (χ0n) is 19.7. The van der Waals surface area contributed by atoms with Crippen molar-refractivity contribution in [1.82, 2.24) is 9.88 Å². The summed E-state index contributed by atoms with van der Waals surface area (Å²) in [6, 6.07) is 38.3. The Balaban J connectivity index is 1.32. The van der Waals surface area contributed by atoms with Gasteiger partial charge in [-0.05, 0) is 41.0 Å². The second kappa shape index (κ2) is 9.51. The standard InChI is InChI=1S/C32H24N2O2/c35-32(28-18-26-10-4-6-12-30(26)33-20-28)34(22-29-19-27-11-5-7-13-31(27)36-29)21-23-14-16-25(17-15-23)24-8-2-1-3-9-24/h1-20H,21-22H2. The molecule has 1 amide bonds. The summed E-state index contributed by atoms with van der Waals surface area (Å²) in [5.74, 6) is 0.667. The first-order valence-electron chi connectivity index (χ1n) is 12.0. The van der Waals surface area contributed by atoms with Gasteiger partial charge < -0.3 is 9.32 Å². The van der Waals surface area contributed by atoms with Gasteiger partial charge in [0.15, 0.2) is 0 Å². The highest BCUT2D eigenvalue weighted by Crippen LogP contribution is 2.24. The largest absolute Gasteiger partial charge is 0.459 e. The minimum Gasteiger partial charge on any atom is -0.459 e. The summed E-state index contributed by atoms with van der Waals surface area (Å²) in [6.45, 7) is 0.818. The first kappa shape index (κ1) is 21.8. The molecule has 4 aromatic carbocycles. The molecule has 0 aliphatic heterocycles. The number of carbonyl (C=O) groups excluding carboxylic acids is 1. The lowest BCUT2D eigenvalue weighted by atomic mass is 10.0. The lowest BCUT2D eigenvalue weighted by molar-refractivity contribution is 0.0718. The molecule has 0 atom stereocenters. The van der Waals surface area contributed by atoms with Crippen LogP contribution in [0.2, 0.25) is 0 Å². The van der Waals surface area contributed by atoms with E-state index in [4.69, 9.17) is 4.42 Å². The van der Waals surface area contributed by atoms with Gasteiger partial charge in [0.2, 0.25) is 0 Å². The van der Waals surface area contributed by atoms with Crippen molar-refractivity contribution in [1.29, 1.82) is 0 Å². The highest BCUT2D eigenvalue weighted by molar-refractivity contribution is 5.97. The molecule has 6 rings (SSSR count). The Morgan fingerprint density at radius 3 is 2.19 bits per heavy atom. The van der Waals surface area contributed by atoms with Crippen molar-refractivity contribution in [2.45, 2.75) is 13.1 Å². The molecule has 0 bridgehead atoms. The number of para-hydroxylation sites is 2. The van der Waals surface area contributed by atoms with Crippen molar-refractivity contribution >= 4 is 27.8 Å². The second-order valence-corrected chi connectivity index (χ2v) is 8.89. The average molecular weight is 469 g/mol. The van der Waals surface area contributed by atoms with E-state index in [1.165, 1.54) is 5.56 Å². The van der Waals surface area contributed by atoms with Gasteiger partial charge in [-0.3, -0.25) is 9.78 Å². The number of aromatic nitrogens is 1. The molecular formula is C32H24N2O2. The van der Waals surface area contributed by atoms with E-state index < -0.39 is 0 Å². The van der Waals surface area contributed by atoms with Crippen LogP contribution >= 0.6 is 0 Å². The van der Waals surface area contributed by atoms with Crippen molar-refractivity contribution in [2.75, 3.05) is 0 Å². The Hall–Kier alpha value is -4.70. The minimum atomic E-state index is -0.0826. The number of amides is 1. The molecule has 174 valence electrons. The number of hydrogen-bond acceptors (Lipinski definition) is 3. The van der Waals surface area contributed by atoms with E-state index in [1.54, 1.807) is 6.20 Å². The van der Waals surface area contributed by atoms with Crippen molar-refractivity contribution < 1.29 is 9.21 Å². The molecule has 0 spiro atoms. The smallest absolute Gasteiger partial charge is 0.256 e. The monoisotopic (exact) mass is 468 g/mol. The number of carbonyl (C=O) groups is 1. The molecule has 6 aromatic rings. The maximum absolute atomic E-state index is 13.7. The predicted molar refractivity (Wildman–Crippen MR) is 143 cm³/mol. The zero-order valence-corrected chi connectivity index (χ0v) is 19.7. The fraction of sp³-hybridized carbons (Fsp3) is 0.0625. The third-order valence-electron chi connectivity index (χ3n) is 6.38. The third-order valence-corrected chi connectivity index (χ3v) is 6.38. The number of fused-ring (bicyclic) bond motifs is 2. The lowest BCUT2D eigenvalue weighted by Gasteiger charge is -2.22. The molecule has 2 heterocycles. The van der Waals surface area contributed by atoms with E-state index in [-0.39, 0.29) is 5.91 Å². The molecule has 0 aliphatic carbocycles. The van der Waals surface area contributed by atoms with Gasteiger partial charge >= 0.3 is 0 Å². The van der Waals surface area contributed by atoms with Crippen LogP contribution in [0.5, 0.6) is 0 Å². The molecule has 0 N–H and O–H groups in total. The normalized spacial score (nSPS) is 11.1. The lowest BCUT2D eigenvalue weighted by Crippen LogP contribution is -2.30. The molecule has 36 heavy (non-hydrogen) atoms. The summed E-state index contributed by atoms with van der Waals surface area (Å²) in [4.78, 5) is 20.1. The van der Waals surface area contributed by atoms with Gasteiger partial charge in [0.25, 0.3) is 5.91 Å². The minimum absolute atomic E-state index is 0.0826. The van der Waals surface area contributed by atoms with Crippen LogP contribution in [0.25, 0.3) is 33.0 Å². The summed E-state index contributed by atoms with van der Waals surface area (Å²) >= 11 is 0. The maximum Gasteiger partial charge on any atom is 0.256 e. The SMILES string of the molecule is O=C(c1cnc2ccccc2c1)N(Cc1ccc(-c2ccccc2)cc1)Cc1cc2ccccc2o1. The van der Waals surface area contributed by atoms with Gasteiger partial charge in [-0.2, -0.15) is 0 Å². The highest BCUT2D eigenvalue weighted by Gasteiger charge is 2.20. The van der Waals surface area contributed by atoms with E-state index in [2.05, 4.69) is 41.4 Å². The number of hydrogen-bond donors (Lipinski definition) is 0. The Labute approximate surface area is 209 Å². The van der Waals surface area contributed by atoms with Crippen molar-refractivity contribution in [3.63, 3.8) is 0 Å². The van der Waals surface area contributed by atoms with E-state index in [9.17, 15) is 4.79 Å². The number of pyridine rings is 1. The van der Waals surface area contributed by atoms with E-state index in [0.717, 1.165) is 38.8 Å². The summed E-state index contributed by atoms with van der Waals surface area (Å²) < 4.78 is 6.06. The summed E-state index contributed by atoms with van der Waals surface area (Å²) in [5, 5.41) is 1.97.